The van der Waals surface area contributed by atoms with Crippen LogP contribution in [0.15, 0.2) is 30.5 Å². The van der Waals surface area contributed by atoms with Gasteiger partial charge in [-0.1, -0.05) is 30.5 Å². The fourth-order valence-electron chi connectivity index (χ4n) is 3.43. The summed E-state index contributed by atoms with van der Waals surface area (Å²) < 4.78 is 1.78. The van der Waals surface area contributed by atoms with E-state index in [4.69, 9.17) is 11.6 Å². The summed E-state index contributed by atoms with van der Waals surface area (Å²) in [7, 11) is 0. The van der Waals surface area contributed by atoms with Gasteiger partial charge in [0.15, 0.2) is 0 Å². The molecule has 1 amide bonds. The van der Waals surface area contributed by atoms with Crippen molar-refractivity contribution in [3.05, 3.63) is 46.7 Å². The molecule has 122 valence electrons. The van der Waals surface area contributed by atoms with Crippen LogP contribution in [0, 0.1) is 6.92 Å². The molecule has 5 heteroatoms. The number of nitrogens with zero attached hydrogens (tertiary/aromatic N) is 3. The van der Waals surface area contributed by atoms with Gasteiger partial charge in [0.2, 0.25) is 0 Å². The molecule has 1 fully saturated rings. The van der Waals surface area contributed by atoms with Gasteiger partial charge >= 0.3 is 0 Å². The van der Waals surface area contributed by atoms with E-state index in [9.17, 15) is 4.79 Å². The summed E-state index contributed by atoms with van der Waals surface area (Å²) in [6, 6.07) is 7.88. The Morgan fingerprint density at radius 2 is 2.13 bits per heavy atom. The molecule has 0 N–H and O–H groups in total. The maximum atomic E-state index is 12.9. The molecule has 1 aromatic heterocycles. The van der Waals surface area contributed by atoms with Gasteiger partial charge in [-0.2, -0.15) is 5.10 Å². The Hall–Kier alpha value is -1.81. The Bertz CT molecular complexity index is 704. The summed E-state index contributed by atoms with van der Waals surface area (Å²) in [5, 5.41) is 5.06. The molecule has 3 rings (SSSR count). The van der Waals surface area contributed by atoms with Crippen LogP contribution in [0.1, 0.15) is 48.7 Å². The molecule has 0 bridgehead atoms. The van der Waals surface area contributed by atoms with Crippen LogP contribution >= 0.6 is 11.6 Å². The van der Waals surface area contributed by atoms with E-state index in [0.29, 0.717) is 16.6 Å². The summed E-state index contributed by atoms with van der Waals surface area (Å²) in [5.74, 6) is 0.0881. The maximum Gasteiger partial charge on any atom is 0.257 e. The van der Waals surface area contributed by atoms with Crippen LogP contribution < -0.4 is 0 Å². The largest absolute Gasteiger partial charge is 0.336 e. The maximum absolute atomic E-state index is 12.9. The Morgan fingerprint density at radius 1 is 1.39 bits per heavy atom. The van der Waals surface area contributed by atoms with E-state index in [2.05, 4.69) is 5.10 Å². The van der Waals surface area contributed by atoms with E-state index in [1.54, 1.807) is 10.9 Å². The highest BCUT2D eigenvalue weighted by molar-refractivity contribution is 6.30. The van der Waals surface area contributed by atoms with E-state index in [1.165, 1.54) is 12.8 Å². The molecular weight excluding hydrogens is 310 g/mol. The molecular formula is C18H22ClN3O. The van der Waals surface area contributed by atoms with Crippen LogP contribution in [0.5, 0.6) is 0 Å². The van der Waals surface area contributed by atoms with Crippen LogP contribution in [0.4, 0.5) is 0 Å². The first-order chi connectivity index (χ1) is 11.1. The van der Waals surface area contributed by atoms with Crippen molar-refractivity contribution in [2.45, 2.75) is 45.6 Å². The molecule has 0 unspecified atom stereocenters. The highest BCUT2D eigenvalue weighted by Gasteiger charge is 2.28. The topological polar surface area (TPSA) is 38.1 Å². The smallest absolute Gasteiger partial charge is 0.257 e. The van der Waals surface area contributed by atoms with E-state index in [1.807, 2.05) is 43.0 Å². The first-order valence-electron chi connectivity index (χ1n) is 8.23. The zero-order chi connectivity index (χ0) is 16.4. The first-order valence-corrected chi connectivity index (χ1v) is 8.61. The number of carbonyl (C=O) groups excluding carboxylic acids is 1. The van der Waals surface area contributed by atoms with Crippen LogP contribution in [0.3, 0.4) is 0 Å². The number of hydrogen-bond acceptors (Lipinski definition) is 2. The zero-order valence-corrected chi connectivity index (χ0v) is 14.4. The monoisotopic (exact) mass is 331 g/mol. The molecule has 1 aliphatic carbocycles. The van der Waals surface area contributed by atoms with E-state index in [-0.39, 0.29) is 5.91 Å². The molecule has 0 atom stereocenters. The number of halogens is 1. The Kier molecular flexibility index (Phi) is 4.71. The fraction of sp³-hybridized carbons (Fsp3) is 0.444. The fourth-order valence-corrected chi connectivity index (χ4v) is 3.61. The number of aromatic nitrogens is 2. The summed E-state index contributed by atoms with van der Waals surface area (Å²) in [6.45, 7) is 4.72. The molecule has 1 saturated carbocycles. The van der Waals surface area contributed by atoms with Gasteiger partial charge in [0.05, 0.1) is 23.1 Å². The molecule has 1 aromatic carbocycles. The molecule has 1 aliphatic rings. The third-order valence-corrected chi connectivity index (χ3v) is 4.90. The molecule has 1 heterocycles. The summed E-state index contributed by atoms with van der Waals surface area (Å²) in [5.41, 5.74) is 2.41. The second-order valence-electron chi connectivity index (χ2n) is 6.06. The molecule has 0 aliphatic heterocycles. The second-order valence-corrected chi connectivity index (χ2v) is 6.50. The van der Waals surface area contributed by atoms with Gasteiger partial charge in [-0.05, 0) is 44.9 Å². The Labute approximate surface area is 142 Å². The van der Waals surface area contributed by atoms with Crippen molar-refractivity contribution in [1.29, 1.82) is 0 Å². The van der Waals surface area contributed by atoms with Crippen LogP contribution in [0.25, 0.3) is 5.69 Å². The highest BCUT2D eigenvalue weighted by Crippen LogP contribution is 2.26. The Morgan fingerprint density at radius 3 is 2.78 bits per heavy atom. The normalized spacial score (nSPS) is 15.1. The minimum absolute atomic E-state index is 0.0881. The number of amides is 1. The van der Waals surface area contributed by atoms with Crippen molar-refractivity contribution in [3.8, 4) is 5.69 Å². The van der Waals surface area contributed by atoms with E-state index >= 15 is 0 Å². The molecule has 0 radical (unpaired) electrons. The SMILES string of the molecule is CCN(C(=O)c1cnn(-c2cccc(Cl)c2)c1C)C1CCCC1. The minimum Gasteiger partial charge on any atom is -0.336 e. The lowest BCUT2D eigenvalue weighted by molar-refractivity contribution is 0.0693. The lowest BCUT2D eigenvalue weighted by Gasteiger charge is -2.27. The van der Waals surface area contributed by atoms with Crippen molar-refractivity contribution in [2.75, 3.05) is 6.54 Å². The lowest BCUT2D eigenvalue weighted by Crippen LogP contribution is -2.38. The van der Waals surface area contributed by atoms with E-state index < -0.39 is 0 Å². The van der Waals surface area contributed by atoms with Crippen LogP contribution in [-0.2, 0) is 0 Å². The predicted octanol–water partition coefficient (Wildman–Crippen LogP) is 4.24. The number of carbonyl (C=O) groups is 1. The number of benzene rings is 1. The van der Waals surface area contributed by atoms with Crippen molar-refractivity contribution in [2.24, 2.45) is 0 Å². The highest BCUT2D eigenvalue weighted by atomic mass is 35.5. The standard InChI is InChI=1S/C18H22ClN3O/c1-3-21(15-8-4-5-9-15)18(23)17-12-20-22(13(17)2)16-10-6-7-14(19)11-16/h6-7,10-12,15H,3-5,8-9H2,1-2H3. The quantitative estimate of drug-likeness (QED) is 0.840. The third-order valence-electron chi connectivity index (χ3n) is 4.66. The summed E-state index contributed by atoms with van der Waals surface area (Å²) in [6.07, 6.45) is 6.34. The molecule has 23 heavy (non-hydrogen) atoms. The lowest BCUT2D eigenvalue weighted by atomic mass is 10.1. The Balaban J connectivity index is 1.90. The zero-order valence-electron chi connectivity index (χ0n) is 13.6. The average molecular weight is 332 g/mol. The molecule has 4 nitrogen and oxygen atoms in total. The molecule has 0 saturated heterocycles. The van der Waals surface area contributed by atoms with Crippen LogP contribution in [-0.4, -0.2) is 33.2 Å². The van der Waals surface area contributed by atoms with Gasteiger partial charge in [-0.15, -0.1) is 0 Å². The number of rotatable bonds is 4. The van der Waals surface area contributed by atoms with Crippen molar-refractivity contribution >= 4 is 17.5 Å². The van der Waals surface area contributed by atoms with Crippen LogP contribution in [0.2, 0.25) is 5.02 Å². The minimum atomic E-state index is 0.0881. The van der Waals surface area contributed by atoms with Gasteiger partial charge in [0.1, 0.15) is 0 Å². The number of hydrogen-bond donors (Lipinski definition) is 0. The van der Waals surface area contributed by atoms with Crippen molar-refractivity contribution in [3.63, 3.8) is 0 Å². The van der Waals surface area contributed by atoms with E-state index in [0.717, 1.165) is 30.8 Å². The molecule has 0 spiro atoms. The van der Waals surface area contributed by atoms with Crippen molar-refractivity contribution < 1.29 is 4.79 Å². The molecule has 2 aromatic rings. The van der Waals surface area contributed by atoms with Gasteiger partial charge in [0.25, 0.3) is 5.91 Å². The second kappa shape index (κ2) is 6.75. The van der Waals surface area contributed by atoms with Gasteiger partial charge in [-0.25, -0.2) is 4.68 Å². The van der Waals surface area contributed by atoms with Gasteiger partial charge in [-0.3, -0.25) is 4.79 Å². The summed E-state index contributed by atoms with van der Waals surface area (Å²) in [4.78, 5) is 14.9. The average Bonchev–Trinajstić information content (AvgIpc) is 3.18. The van der Waals surface area contributed by atoms with Crippen molar-refractivity contribution in [1.82, 2.24) is 14.7 Å². The third kappa shape index (κ3) is 3.13. The summed E-state index contributed by atoms with van der Waals surface area (Å²) >= 11 is 6.06. The predicted molar refractivity (Wildman–Crippen MR) is 92.3 cm³/mol. The van der Waals surface area contributed by atoms with Gasteiger partial charge in [0, 0.05) is 17.6 Å². The van der Waals surface area contributed by atoms with Gasteiger partial charge < -0.3 is 4.90 Å². The first kappa shape index (κ1) is 16.1.